The minimum atomic E-state index is -1.17. The number of halogens is 1. The molecule has 2 aromatic rings. The molecule has 1 aliphatic carbocycles. The molecule has 1 saturated carbocycles. The first kappa shape index (κ1) is 11.5. The van der Waals surface area contributed by atoms with Crippen LogP contribution in [0, 0.1) is 0 Å². The smallest absolute Gasteiger partial charge is 0.341 e. The molecule has 3 rings (SSSR count). The van der Waals surface area contributed by atoms with Crippen LogP contribution in [0.25, 0.3) is 10.9 Å². The molecule has 1 fully saturated rings. The molecule has 0 spiro atoms. The van der Waals surface area contributed by atoms with Gasteiger partial charge in [0.05, 0.1) is 5.52 Å². The van der Waals surface area contributed by atoms with E-state index in [1.54, 1.807) is 6.07 Å². The fourth-order valence-corrected chi connectivity index (χ4v) is 2.50. The number of rotatable bonds is 2. The van der Waals surface area contributed by atoms with Gasteiger partial charge >= 0.3 is 5.97 Å². The Kier molecular flexibility index (Phi) is 2.52. The van der Waals surface area contributed by atoms with Gasteiger partial charge in [-0.05, 0) is 31.0 Å². The summed E-state index contributed by atoms with van der Waals surface area (Å²) in [6.07, 6.45) is 3.54. The molecule has 92 valence electrons. The van der Waals surface area contributed by atoms with E-state index >= 15 is 0 Å². The first-order chi connectivity index (χ1) is 8.58. The van der Waals surface area contributed by atoms with Gasteiger partial charge in [-0.25, -0.2) is 4.79 Å². The zero-order valence-corrected chi connectivity index (χ0v) is 11.0. The van der Waals surface area contributed by atoms with Crippen molar-refractivity contribution < 1.29 is 9.90 Å². The van der Waals surface area contributed by atoms with Crippen LogP contribution in [0.4, 0.5) is 0 Å². The Bertz CT molecular complexity index is 716. The van der Waals surface area contributed by atoms with Crippen molar-refractivity contribution in [3.05, 3.63) is 44.7 Å². The monoisotopic (exact) mass is 307 g/mol. The largest absolute Gasteiger partial charge is 0.477 e. The van der Waals surface area contributed by atoms with E-state index in [0.717, 1.165) is 22.8 Å². The van der Waals surface area contributed by atoms with Crippen molar-refractivity contribution >= 4 is 32.8 Å². The summed E-state index contributed by atoms with van der Waals surface area (Å²) in [5.41, 5.74) is 0.221. The number of nitrogens with zero attached hydrogens (tertiary/aromatic N) is 1. The molecule has 1 N–H and O–H groups in total. The molecule has 0 amide bonds. The van der Waals surface area contributed by atoms with Crippen molar-refractivity contribution in [3.8, 4) is 0 Å². The molecule has 1 aromatic heterocycles. The summed E-state index contributed by atoms with van der Waals surface area (Å²) in [7, 11) is 0. The van der Waals surface area contributed by atoms with Gasteiger partial charge in [-0.15, -0.1) is 0 Å². The Morgan fingerprint density at radius 1 is 1.39 bits per heavy atom. The molecule has 1 aliphatic rings. The number of aromatic carboxylic acids is 1. The maximum Gasteiger partial charge on any atom is 0.341 e. The Morgan fingerprint density at radius 2 is 2.11 bits per heavy atom. The third-order valence-electron chi connectivity index (χ3n) is 3.16. The van der Waals surface area contributed by atoms with Gasteiger partial charge in [-0.2, -0.15) is 0 Å². The van der Waals surface area contributed by atoms with Gasteiger partial charge in [-0.1, -0.05) is 15.9 Å². The average molecular weight is 308 g/mol. The topological polar surface area (TPSA) is 59.3 Å². The Balaban J connectivity index is 2.43. The van der Waals surface area contributed by atoms with Gasteiger partial charge in [0.25, 0.3) is 0 Å². The van der Waals surface area contributed by atoms with Crippen molar-refractivity contribution in [2.45, 2.75) is 18.9 Å². The third kappa shape index (κ3) is 1.75. The molecule has 1 aromatic carbocycles. The Labute approximate surface area is 111 Å². The lowest BCUT2D eigenvalue weighted by molar-refractivity contribution is 0.0695. The second kappa shape index (κ2) is 3.95. The van der Waals surface area contributed by atoms with Crippen LogP contribution >= 0.6 is 15.9 Å². The summed E-state index contributed by atoms with van der Waals surface area (Å²) in [5.74, 6) is -1.17. The number of benzene rings is 1. The van der Waals surface area contributed by atoms with Crippen LogP contribution < -0.4 is 5.43 Å². The quantitative estimate of drug-likeness (QED) is 0.928. The van der Waals surface area contributed by atoms with Crippen molar-refractivity contribution in [3.63, 3.8) is 0 Å². The molecule has 0 radical (unpaired) electrons. The number of hydrogen-bond acceptors (Lipinski definition) is 2. The normalized spacial score (nSPS) is 14.9. The first-order valence-electron chi connectivity index (χ1n) is 5.65. The van der Waals surface area contributed by atoms with E-state index in [-0.39, 0.29) is 5.56 Å². The van der Waals surface area contributed by atoms with E-state index in [2.05, 4.69) is 15.9 Å². The van der Waals surface area contributed by atoms with Crippen LogP contribution in [-0.2, 0) is 0 Å². The minimum Gasteiger partial charge on any atom is -0.477 e. The molecular formula is C13H10BrNO3. The average Bonchev–Trinajstić information content (AvgIpc) is 3.14. The van der Waals surface area contributed by atoms with Crippen molar-refractivity contribution in [2.75, 3.05) is 0 Å². The summed E-state index contributed by atoms with van der Waals surface area (Å²) in [4.78, 5) is 23.2. The van der Waals surface area contributed by atoms with E-state index < -0.39 is 11.4 Å². The standard InChI is InChI=1S/C13H10BrNO3/c14-7-1-4-11-9(5-7)12(16)10(13(17)18)6-15(11)8-2-3-8/h1,4-6,8H,2-3H2,(H,17,18). The van der Waals surface area contributed by atoms with Gasteiger partial charge in [0.1, 0.15) is 5.56 Å². The van der Waals surface area contributed by atoms with Gasteiger partial charge in [0.15, 0.2) is 0 Å². The first-order valence-corrected chi connectivity index (χ1v) is 6.45. The molecule has 0 aliphatic heterocycles. The van der Waals surface area contributed by atoms with Crippen molar-refractivity contribution in [1.82, 2.24) is 4.57 Å². The van der Waals surface area contributed by atoms with E-state index in [0.29, 0.717) is 11.4 Å². The molecule has 0 saturated heterocycles. The minimum absolute atomic E-state index is 0.160. The fraction of sp³-hybridized carbons (Fsp3) is 0.231. The number of hydrogen-bond donors (Lipinski definition) is 1. The molecule has 0 atom stereocenters. The van der Waals surface area contributed by atoms with Gasteiger partial charge in [0.2, 0.25) is 5.43 Å². The molecule has 1 heterocycles. The van der Waals surface area contributed by atoms with E-state index in [1.165, 1.54) is 6.20 Å². The number of carboxylic acids is 1. The Hall–Kier alpha value is -1.62. The van der Waals surface area contributed by atoms with Crippen LogP contribution in [0.15, 0.2) is 33.7 Å². The number of carboxylic acid groups (broad SMARTS) is 1. The molecule has 0 bridgehead atoms. The molecule has 18 heavy (non-hydrogen) atoms. The van der Waals surface area contributed by atoms with E-state index in [9.17, 15) is 9.59 Å². The maximum atomic E-state index is 12.1. The highest BCUT2D eigenvalue weighted by molar-refractivity contribution is 9.10. The predicted molar refractivity (Wildman–Crippen MR) is 71.1 cm³/mol. The van der Waals surface area contributed by atoms with Crippen LogP contribution in [-0.4, -0.2) is 15.6 Å². The fourth-order valence-electron chi connectivity index (χ4n) is 2.13. The molecule has 0 unspecified atom stereocenters. The summed E-state index contributed by atoms with van der Waals surface area (Å²) >= 11 is 3.31. The summed E-state index contributed by atoms with van der Waals surface area (Å²) in [6.45, 7) is 0. The lowest BCUT2D eigenvalue weighted by Crippen LogP contribution is -2.18. The molecule has 5 heteroatoms. The summed E-state index contributed by atoms with van der Waals surface area (Å²) in [5, 5.41) is 9.55. The Morgan fingerprint density at radius 3 is 2.72 bits per heavy atom. The second-order valence-corrected chi connectivity index (χ2v) is 5.39. The highest BCUT2D eigenvalue weighted by Crippen LogP contribution is 2.37. The number of pyridine rings is 1. The van der Waals surface area contributed by atoms with Crippen LogP contribution in [0.1, 0.15) is 29.2 Å². The van der Waals surface area contributed by atoms with E-state index in [4.69, 9.17) is 5.11 Å². The molecular weight excluding hydrogens is 298 g/mol. The van der Waals surface area contributed by atoms with Gasteiger partial charge in [-0.3, -0.25) is 4.79 Å². The highest BCUT2D eigenvalue weighted by Gasteiger charge is 2.26. The maximum absolute atomic E-state index is 12.1. The third-order valence-corrected chi connectivity index (χ3v) is 3.66. The summed E-state index contributed by atoms with van der Waals surface area (Å²) < 4.78 is 2.68. The van der Waals surface area contributed by atoms with Crippen LogP contribution in [0.5, 0.6) is 0 Å². The van der Waals surface area contributed by atoms with E-state index in [1.807, 2.05) is 16.7 Å². The lowest BCUT2D eigenvalue weighted by atomic mass is 10.1. The van der Waals surface area contributed by atoms with Crippen LogP contribution in [0.2, 0.25) is 0 Å². The predicted octanol–water partition coefficient (Wildman–Crippen LogP) is 2.80. The number of carbonyl (C=O) groups is 1. The van der Waals surface area contributed by atoms with Crippen molar-refractivity contribution in [1.29, 1.82) is 0 Å². The zero-order chi connectivity index (χ0) is 12.9. The second-order valence-electron chi connectivity index (χ2n) is 4.48. The number of fused-ring (bicyclic) bond motifs is 1. The highest BCUT2D eigenvalue weighted by atomic mass is 79.9. The van der Waals surface area contributed by atoms with Crippen molar-refractivity contribution in [2.24, 2.45) is 0 Å². The zero-order valence-electron chi connectivity index (χ0n) is 9.39. The summed E-state index contributed by atoms with van der Waals surface area (Å²) in [6, 6.07) is 5.72. The lowest BCUT2D eigenvalue weighted by Gasteiger charge is -2.11. The SMILES string of the molecule is O=C(O)c1cn(C2CC2)c2ccc(Br)cc2c1=O. The van der Waals surface area contributed by atoms with Gasteiger partial charge in [0, 0.05) is 22.1 Å². The van der Waals surface area contributed by atoms with Crippen LogP contribution in [0.3, 0.4) is 0 Å². The number of aromatic nitrogens is 1. The van der Waals surface area contributed by atoms with Gasteiger partial charge < -0.3 is 9.67 Å². The molecule has 4 nitrogen and oxygen atoms in total.